The highest BCUT2D eigenvalue weighted by Gasteiger charge is 2.40. The summed E-state index contributed by atoms with van der Waals surface area (Å²) in [4.78, 5) is 12.7. The molecular formula is C23H19NO4S. The molecule has 0 bridgehead atoms. The van der Waals surface area contributed by atoms with Gasteiger partial charge in [-0.25, -0.2) is 8.42 Å². The smallest absolute Gasteiger partial charge is 0.211 e. The number of hydrogen-bond acceptors (Lipinski definition) is 5. The normalized spacial score (nSPS) is 20.1. The second-order valence-electron chi connectivity index (χ2n) is 6.72. The lowest BCUT2D eigenvalue weighted by Gasteiger charge is -2.14. The summed E-state index contributed by atoms with van der Waals surface area (Å²) in [5.41, 5.74) is 2.51. The van der Waals surface area contributed by atoms with Crippen molar-refractivity contribution in [1.82, 2.24) is 0 Å². The van der Waals surface area contributed by atoms with E-state index in [2.05, 4.69) is 5.32 Å². The predicted octanol–water partition coefficient (Wildman–Crippen LogP) is 4.48. The zero-order valence-corrected chi connectivity index (χ0v) is 16.8. The molecule has 29 heavy (non-hydrogen) atoms. The number of sulfone groups is 1. The van der Waals surface area contributed by atoms with E-state index in [-0.39, 0.29) is 15.4 Å². The number of anilines is 1. The summed E-state index contributed by atoms with van der Waals surface area (Å²) in [6, 6.07) is 14.1. The number of ether oxygens (including phenoxy) is 1. The van der Waals surface area contributed by atoms with Crippen LogP contribution in [0.5, 0.6) is 0 Å². The largest absolute Gasteiger partial charge is 0.462 e. The third kappa shape index (κ3) is 3.43. The van der Waals surface area contributed by atoms with Gasteiger partial charge in [0.05, 0.1) is 4.90 Å². The summed E-state index contributed by atoms with van der Waals surface area (Å²) >= 11 is 0. The Kier molecular flexibility index (Phi) is 4.72. The maximum absolute atomic E-state index is 12.9. The van der Waals surface area contributed by atoms with Gasteiger partial charge in [-0.15, -0.1) is 0 Å². The summed E-state index contributed by atoms with van der Waals surface area (Å²) in [5.74, 6) is 0.493. The molecule has 4 rings (SSSR count). The number of Topliss-reactive ketones (excluding diaryl/α,β-unsaturated/α-hetero) is 1. The number of allylic oxidation sites excluding steroid dienone is 6. The maximum Gasteiger partial charge on any atom is 0.211 e. The number of ketones is 1. The molecular weight excluding hydrogens is 386 g/mol. The lowest BCUT2D eigenvalue weighted by Crippen LogP contribution is -2.08. The van der Waals surface area contributed by atoms with Crippen LogP contribution in [0.4, 0.5) is 5.69 Å². The zero-order chi connectivity index (χ0) is 20.6. The van der Waals surface area contributed by atoms with Crippen LogP contribution in [0, 0.1) is 0 Å². The fourth-order valence-electron chi connectivity index (χ4n) is 3.34. The number of nitrogens with one attached hydrogen (secondary N) is 1. The van der Waals surface area contributed by atoms with Crippen molar-refractivity contribution < 1.29 is 17.9 Å². The van der Waals surface area contributed by atoms with Crippen LogP contribution in [-0.4, -0.2) is 21.2 Å². The van der Waals surface area contributed by atoms with Gasteiger partial charge in [-0.1, -0.05) is 30.3 Å². The Morgan fingerprint density at radius 1 is 0.966 bits per heavy atom. The van der Waals surface area contributed by atoms with E-state index < -0.39 is 15.6 Å². The van der Waals surface area contributed by atoms with Crippen LogP contribution in [0.25, 0.3) is 6.08 Å². The van der Waals surface area contributed by atoms with Crippen molar-refractivity contribution in [2.24, 2.45) is 0 Å². The Bertz CT molecular complexity index is 1230. The first-order valence-electron chi connectivity index (χ1n) is 9.07. The second-order valence-corrected chi connectivity index (χ2v) is 8.58. The number of hydrogen-bond donors (Lipinski definition) is 1. The molecule has 2 aromatic carbocycles. The van der Waals surface area contributed by atoms with Gasteiger partial charge in [-0.2, -0.15) is 0 Å². The number of benzene rings is 2. The van der Waals surface area contributed by atoms with E-state index in [1.54, 1.807) is 37.3 Å². The molecule has 2 aliphatic heterocycles. The fraction of sp³-hybridized carbons (Fsp3) is 0.0870. The van der Waals surface area contributed by atoms with Crippen molar-refractivity contribution >= 4 is 27.4 Å². The highest BCUT2D eigenvalue weighted by molar-refractivity contribution is 7.97. The fourth-order valence-corrected chi connectivity index (χ4v) is 5.05. The van der Waals surface area contributed by atoms with E-state index >= 15 is 0 Å². The molecule has 0 aliphatic carbocycles. The number of carbonyl (C=O) groups is 1. The Morgan fingerprint density at radius 2 is 1.69 bits per heavy atom. The topological polar surface area (TPSA) is 72.5 Å². The molecule has 0 spiro atoms. The van der Waals surface area contributed by atoms with Crippen LogP contribution in [0.1, 0.15) is 22.8 Å². The van der Waals surface area contributed by atoms with Gasteiger partial charge in [0.1, 0.15) is 16.4 Å². The highest BCUT2D eigenvalue weighted by atomic mass is 32.2. The van der Waals surface area contributed by atoms with Crippen molar-refractivity contribution in [3.63, 3.8) is 0 Å². The lowest BCUT2D eigenvalue weighted by molar-refractivity contribution is 0.104. The van der Waals surface area contributed by atoms with Gasteiger partial charge in [0, 0.05) is 23.9 Å². The Balaban J connectivity index is 1.74. The van der Waals surface area contributed by atoms with E-state index in [1.807, 2.05) is 37.4 Å². The minimum Gasteiger partial charge on any atom is -0.462 e. The molecule has 0 amide bonds. The predicted molar refractivity (Wildman–Crippen MR) is 113 cm³/mol. The Hall–Kier alpha value is -3.38. The van der Waals surface area contributed by atoms with Crippen molar-refractivity contribution in [2.75, 3.05) is 12.4 Å². The van der Waals surface area contributed by atoms with Crippen LogP contribution in [0.2, 0.25) is 0 Å². The second kappa shape index (κ2) is 7.22. The average Bonchev–Trinajstić information content (AvgIpc) is 2.92. The molecule has 0 fully saturated rings. The van der Waals surface area contributed by atoms with Crippen LogP contribution < -0.4 is 5.32 Å². The molecule has 2 aromatic rings. The summed E-state index contributed by atoms with van der Waals surface area (Å²) in [6.45, 7) is 1.72. The SMILES string of the molecule is CNc1ccc(C=CC2=CC(=C3C(=O)c4ccccc4S3(=O)=O)C=C(C)O2)cc1. The van der Waals surface area contributed by atoms with E-state index in [4.69, 9.17) is 4.74 Å². The molecule has 6 heteroatoms. The van der Waals surface area contributed by atoms with Crippen LogP contribution >= 0.6 is 0 Å². The third-order valence-electron chi connectivity index (χ3n) is 4.73. The Labute approximate surface area is 169 Å². The molecule has 0 radical (unpaired) electrons. The molecule has 0 atom stereocenters. The van der Waals surface area contributed by atoms with Crippen LogP contribution in [0.15, 0.2) is 93.7 Å². The summed E-state index contributed by atoms with van der Waals surface area (Å²) in [6.07, 6.45) is 6.79. The molecule has 5 nitrogen and oxygen atoms in total. The monoisotopic (exact) mass is 405 g/mol. The molecule has 0 saturated heterocycles. The van der Waals surface area contributed by atoms with Gasteiger partial charge in [0.2, 0.25) is 15.6 Å². The van der Waals surface area contributed by atoms with Crippen molar-refractivity contribution in [3.05, 3.63) is 99.9 Å². The first-order valence-corrected chi connectivity index (χ1v) is 10.6. The molecule has 146 valence electrons. The first kappa shape index (κ1) is 19.0. The standard InChI is InChI=1S/C23H19NO4S/c1-15-13-17(23-22(25)20-5-3-4-6-21(20)29(23,26)27)14-19(28-15)12-9-16-7-10-18(24-2)11-8-16/h3-14,24H,1-2H3. The molecule has 0 unspecified atom stereocenters. The van der Waals surface area contributed by atoms with E-state index in [0.29, 0.717) is 17.1 Å². The first-order chi connectivity index (χ1) is 13.9. The quantitative estimate of drug-likeness (QED) is 0.762. The van der Waals surface area contributed by atoms with Crippen molar-refractivity contribution in [1.29, 1.82) is 0 Å². The third-order valence-corrected chi connectivity index (χ3v) is 6.63. The lowest BCUT2D eigenvalue weighted by atomic mass is 10.1. The van der Waals surface area contributed by atoms with E-state index in [9.17, 15) is 13.2 Å². The molecule has 0 aromatic heterocycles. The Morgan fingerprint density at radius 3 is 2.38 bits per heavy atom. The summed E-state index contributed by atoms with van der Waals surface area (Å²) in [7, 11) is -2.01. The van der Waals surface area contributed by atoms with Gasteiger partial charge in [0.15, 0.2) is 0 Å². The van der Waals surface area contributed by atoms with Gasteiger partial charge in [-0.3, -0.25) is 4.79 Å². The molecule has 2 aliphatic rings. The van der Waals surface area contributed by atoms with Crippen molar-refractivity contribution in [2.45, 2.75) is 11.8 Å². The number of fused-ring (bicyclic) bond motifs is 1. The summed E-state index contributed by atoms with van der Waals surface area (Å²) < 4.78 is 31.6. The van der Waals surface area contributed by atoms with Gasteiger partial charge in [0.25, 0.3) is 0 Å². The number of rotatable bonds is 3. The van der Waals surface area contributed by atoms with E-state index in [0.717, 1.165) is 11.3 Å². The van der Waals surface area contributed by atoms with Crippen LogP contribution in [-0.2, 0) is 14.6 Å². The van der Waals surface area contributed by atoms with Gasteiger partial charge in [-0.05, 0) is 55.0 Å². The van der Waals surface area contributed by atoms with E-state index in [1.165, 1.54) is 12.1 Å². The minimum atomic E-state index is -3.86. The average molecular weight is 405 g/mol. The minimum absolute atomic E-state index is 0.0557. The maximum atomic E-state index is 12.9. The molecule has 2 heterocycles. The molecule has 0 saturated carbocycles. The van der Waals surface area contributed by atoms with Crippen LogP contribution in [0.3, 0.4) is 0 Å². The number of carbonyl (C=O) groups excluding carboxylic acids is 1. The molecule has 1 N–H and O–H groups in total. The summed E-state index contributed by atoms with van der Waals surface area (Å²) in [5, 5.41) is 3.06. The zero-order valence-electron chi connectivity index (χ0n) is 16.0. The van der Waals surface area contributed by atoms with Gasteiger partial charge >= 0.3 is 0 Å². The highest BCUT2D eigenvalue weighted by Crippen LogP contribution is 2.38. The van der Waals surface area contributed by atoms with Crippen molar-refractivity contribution in [3.8, 4) is 0 Å². The van der Waals surface area contributed by atoms with Gasteiger partial charge < -0.3 is 10.1 Å².